The molecule has 0 bridgehead atoms. The number of methoxy groups -OCH3 is 1. The Bertz CT molecular complexity index is 431. The number of rotatable bonds is 5. The predicted molar refractivity (Wildman–Crippen MR) is 79.8 cm³/mol. The lowest BCUT2D eigenvalue weighted by Crippen LogP contribution is -2.41. The van der Waals surface area contributed by atoms with Crippen molar-refractivity contribution in [3.63, 3.8) is 0 Å². The largest absolute Gasteiger partial charge is 0.370 e. The van der Waals surface area contributed by atoms with Gasteiger partial charge in [0.25, 0.3) is 0 Å². The van der Waals surface area contributed by atoms with Crippen molar-refractivity contribution in [2.24, 2.45) is 0 Å². The molecule has 1 aliphatic carbocycles. The Balaban J connectivity index is 2.07. The average molecular weight is 275 g/mol. The summed E-state index contributed by atoms with van der Waals surface area (Å²) in [6.45, 7) is 2.10. The van der Waals surface area contributed by atoms with Gasteiger partial charge in [0.2, 0.25) is 0 Å². The van der Waals surface area contributed by atoms with E-state index in [1.165, 1.54) is 18.4 Å². The average Bonchev–Trinajstić information content (AvgIpc) is 2.74. The molecule has 0 spiro atoms. The van der Waals surface area contributed by atoms with Crippen LogP contribution in [0.5, 0.6) is 0 Å². The molecule has 0 amide bonds. The third-order valence-electron chi connectivity index (χ3n) is 4.45. The number of aromatic nitrogens is 1. The third-order valence-corrected chi connectivity index (χ3v) is 4.45. The van der Waals surface area contributed by atoms with Crippen LogP contribution < -0.4 is 0 Å². The minimum atomic E-state index is -0.568. The first-order valence-corrected chi connectivity index (χ1v) is 7.72. The van der Waals surface area contributed by atoms with Crippen molar-refractivity contribution in [2.75, 3.05) is 7.11 Å². The molecule has 1 saturated carbocycles. The number of carbonyl (C=O) groups is 1. The molecule has 3 nitrogen and oxygen atoms in total. The molecule has 1 aliphatic rings. The van der Waals surface area contributed by atoms with Crippen molar-refractivity contribution < 1.29 is 9.53 Å². The quantitative estimate of drug-likeness (QED) is 0.772. The van der Waals surface area contributed by atoms with Crippen LogP contribution in [0.25, 0.3) is 0 Å². The summed E-state index contributed by atoms with van der Waals surface area (Å²) in [6.07, 6.45) is 9.54. The fourth-order valence-electron chi connectivity index (χ4n) is 2.99. The van der Waals surface area contributed by atoms with Crippen LogP contribution in [0.1, 0.15) is 56.7 Å². The van der Waals surface area contributed by atoms with Crippen molar-refractivity contribution in [2.45, 2.75) is 63.9 Å². The number of nitrogens with zero attached hydrogens (tertiary/aromatic N) is 1. The monoisotopic (exact) mass is 275 g/mol. The first-order valence-electron chi connectivity index (χ1n) is 7.72. The molecule has 1 aromatic heterocycles. The van der Waals surface area contributed by atoms with Crippen LogP contribution in [0.4, 0.5) is 0 Å². The maximum atomic E-state index is 12.7. The smallest absolute Gasteiger partial charge is 0.170 e. The molecule has 1 aromatic rings. The van der Waals surface area contributed by atoms with Crippen LogP contribution in [0, 0.1) is 0 Å². The van der Waals surface area contributed by atoms with Gasteiger partial charge >= 0.3 is 0 Å². The fourth-order valence-corrected chi connectivity index (χ4v) is 2.99. The molecule has 0 saturated heterocycles. The zero-order valence-electron chi connectivity index (χ0n) is 12.7. The number of carbonyl (C=O) groups excluding carboxylic acids is 1. The molecule has 0 aromatic carbocycles. The Morgan fingerprint density at radius 2 is 1.95 bits per heavy atom. The van der Waals surface area contributed by atoms with E-state index >= 15 is 0 Å². The minimum Gasteiger partial charge on any atom is -0.370 e. The molecule has 1 heterocycles. The van der Waals surface area contributed by atoms with Gasteiger partial charge in [0, 0.05) is 19.0 Å². The van der Waals surface area contributed by atoms with Crippen LogP contribution in [-0.4, -0.2) is 23.5 Å². The maximum Gasteiger partial charge on any atom is 0.170 e. The second-order valence-electron chi connectivity index (χ2n) is 5.72. The van der Waals surface area contributed by atoms with Gasteiger partial charge in [0.05, 0.1) is 6.42 Å². The normalized spacial score (nSPS) is 18.5. The van der Waals surface area contributed by atoms with Crippen LogP contribution in [0.2, 0.25) is 0 Å². The molecule has 0 aliphatic heterocycles. The molecule has 0 atom stereocenters. The van der Waals surface area contributed by atoms with Gasteiger partial charge in [-0.3, -0.25) is 9.78 Å². The SMILES string of the molecule is CCc1ccc(CC(=O)C2(OC)CCCCCC2)nc1. The van der Waals surface area contributed by atoms with Gasteiger partial charge in [-0.15, -0.1) is 0 Å². The number of Topliss-reactive ketones (excluding diaryl/α,β-unsaturated/α-hetero) is 1. The number of hydrogen-bond donors (Lipinski definition) is 0. The van der Waals surface area contributed by atoms with E-state index < -0.39 is 5.60 Å². The molecule has 2 rings (SSSR count). The summed E-state index contributed by atoms with van der Waals surface area (Å²) in [5.41, 5.74) is 1.49. The topological polar surface area (TPSA) is 39.2 Å². The standard InChI is InChI=1S/C17H25NO2/c1-3-14-8-9-15(18-13-14)12-16(19)17(20-2)10-6-4-5-7-11-17/h8-9,13H,3-7,10-12H2,1-2H3. The first-order chi connectivity index (χ1) is 9.70. The lowest BCUT2D eigenvalue weighted by atomic mass is 9.87. The van der Waals surface area contributed by atoms with Gasteiger partial charge in [-0.05, 0) is 30.9 Å². The Morgan fingerprint density at radius 1 is 1.25 bits per heavy atom. The number of hydrogen-bond acceptors (Lipinski definition) is 3. The second-order valence-corrected chi connectivity index (χ2v) is 5.72. The van der Waals surface area contributed by atoms with Gasteiger partial charge in [-0.25, -0.2) is 0 Å². The molecule has 110 valence electrons. The summed E-state index contributed by atoms with van der Waals surface area (Å²) < 4.78 is 5.66. The van der Waals surface area contributed by atoms with E-state index in [0.717, 1.165) is 37.8 Å². The number of aryl methyl sites for hydroxylation is 1. The third kappa shape index (κ3) is 3.45. The lowest BCUT2D eigenvalue weighted by Gasteiger charge is -2.29. The van der Waals surface area contributed by atoms with Gasteiger partial charge in [0.15, 0.2) is 5.78 Å². The summed E-state index contributed by atoms with van der Waals surface area (Å²) in [6, 6.07) is 4.03. The van der Waals surface area contributed by atoms with E-state index in [1.54, 1.807) is 7.11 Å². The molecule has 3 heteroatoms. The highest BCUT2D eigenvalue weighted by molar-refractivity contribution is 5.89. The fraction of sp³-hybridized carbons (Fsp3) is 0.647. The highest BCUT2D eigenvalue weighted by atomic mass is 16.5. The van der Waals surface area contributed by atoms with E-state index in [4.69, 9.17) is 4.74 Å². The van der Waals surface area contributed by atoms with E-state index in [0.29, 0.717) is 6.42 Å². The van der Waals surface area contributed by atoms with Gasteiger partial charge in [0.1, 0.15) is 5.60 Å². The molecular weight excluding hydrogens is 250 g/mol. The zero-order valence-corrected chi connectivity index (χ0v) is 12.7. The van der Waals surface area contributed by atoms with Crippen LogP contribution in [-0.2, 0) is 22.4 Å². The first kappa shape index (κ1) is 15.2. The molecule has 1 fully saturated rings. The summed E-state index contributed by atoms with van der Waals surface area (Å²) >= 11 is 0. The number of ketones is 1. The van der Waals surface area contributed by atoms with Crippen LogP contribution >= 0.6 is 0 Å². The van der Waals surface area contributed by atoms with Crippen LogP contribution in [0.3, 0.4) is 0 Å². The molecule has 0 radical (unpaired) electrons. The summed E-state index contributed by atoms with van der Waals surface area (Å²) in [4.78, 5) is 17.1. The van der Waals surface area contributed by atoms with Crippen LogP contribution in [0.15, 0.2) is 18.3 Å². The summed E-state index contributed by atoms with van der Waals surface area (Å²) in [5.74, 6) is 0.193. The number of ether oxygens (including phenoxy) is 1. The van der Waals surface area contributed by atoms with Gasteiger partial charge < -0.3 is 4.74 Å². The highest BCUT2D eigenvalue weighted by Gasteiger charge is 2.38. The predicted octanol–water partition coefficient (Wildman–Crippen LogP) is 3.50. The van der Waals surface area contributed by atoms with E-state index in [9.17, 15) is 4.79 Å². The molecular formula is C17H25NO2. The molecule has 0 N–H and O–H groups in total. The van der Waals surface area contributed by atoms with E-state index in [2.05, 4.69) is 18.0 Å². The lowest BCUT2D eigenvalue weighted by molar-refractivity contribution is -0.142. The maximum absolute atomic E-state index is 12.7. The van der Waals surface area contributed by atoms with Gasteiger partial charge in [-0.2, -0.15) is 0 Å². The van der Waals surface area contributed by atoms with E-state index in [-0.39, 0.29) is 5.78 Å². The zero-order chi connectivity index (χ0) is 14.4. The Kier molecular flexibility index (Phi) is 5.30. The molecule has 0 unspecified atom stereocenters. The Morgan fingerprint density at radius 3 is 2.45 bits per heavy atom. The Hall–Kier alpha value is -1.22. The van der Waals surface area contributed by atoms with Crippen molar-refractivity contribution >= 4 is 5.78 Å². The number of pyridine rings is 1. The molecule has 20 heavy (non-hydrogen) atoms. The van der Waals surface area contributed by atoms with Gasteiger partial charge in [-0.1, -0.05) is 38.7 Å². The summed E-state index contributed by atoms with van der Waals surface area (Å²) in [7, 11) is 1.68. The second kappa shape index (κ2) is 6.98. The van der Waals surface area contributed by atoms with Crippen molar-refractivity contribution in [1.82, 2.24) is 4.98 Å². The highest BCUT2D eigenvalue weighted by Crippen LogP contribution is 2.31. The van der Waals surface area contributed by atoms with Crippen molar-refractivity contribution in [3.05, 3.63) is 29.6 Å². The van der Waals surface area contributed by atoms with Crippen molar-refractivity contribution in [1.29, 1.82) is 0 Å². The minimum absolute atomic E-state index is 0.193. The summed E-state index contributed by atoms with van der Waals surface area (Å²) in [5, 5.41) is 0. The Labute approximate surface area is 121 Å². The van der Waals surface area contributed by atoms with Crippen molar-refractivity contribution in [3.8, 4) is 0 Å². The van der Waals surface area contributed by atoms with E-state index in [1.807, 2.05) is 12.3 Å².